The summed E-state index contributed by atoms with van der Waals surface area (Å²) in [5, 5.41) is 11.2. The predicted octanol–water partition coefficient (Wildman–Crippen LogP) is 3.34. The van der Waals surface area contributed by atoms with Gasteiger partial charge in [0.25, 0.3) is 0 Å². The van der Waals surface area contributed by atoms with Crippen molar-refractivity contribution in [3.63, 3.8) is 0 Å². The van der Waals surface area contributed by atoms with E-state index in [0.717, 1.165) is 29.4 Å². The Morgan fingerprint density at radius 3 is 3.06 bits per heavy atom. The SMILES string of the molecule is C=CCSc1nnc(NC(=O)CCCCC)s1. The zero-order valence-corrected chi connectivity index (χ0v) is 11.6. The number of nitrogens with one attached hydrogen (secondary N) is 1. The Balaban J connectivity index is 2.32. The van der Waals surface area contributed by atoms with Crippen LogP contribution in [0.3, 0.4) is 0 Å². The summed E-state index contributed by atoms with van der Waals surface area (Å²) in [4.78, 5) is 11.5. The zero-order valence-electron chi connectivity index (χ0n) is 9.94. The number of carbonyl (C=O) groups is 1. The lowest BCUT2D eigenvalue weighted by atomic mass is 10.2. The smallest absolute Gasteiger partial charge is 0.226 e. The molecule has 0 aliphatic carbocycles. The van der Waals surface area contributed by atoms with Crippen molar-refractivity contribution in [3.8, 4) is 0 Å². The average Bonchev–Trinajstić information content (AvgIpc) is 2.74. The van der Waals surface area contributed by atoms with Crippen LogP contribution < -0.4 is 5.32 Å². The van der Waals surface area contributed by atoms with E-state index in [2.05, 4.69) is 29.0 Å². The molecule has 17 heavy (non-hydrogen) atoms. The molecule has 0 fully saturated rings. The van der Waals surface area contributed by atoms with Crippen LogP contribution in [0, 0.1) is 0 Å². The summed E-state index contributed by atoms with van der Waals surface area (Å²) in [5.74, 6) is 0.828. The molecular weight excluding hydrogens is 254 g/mol. The molecule has 0 atom stereocenters. The van der Waals surface area contributed by atoms with Gasteiger partial charge in [-0.25, -0.2) is 0 Å². The van der Waals surface area contributed by atoms with Gasteiger partial charge < -0.3 is 5.32 Å². The number of aromatic nitrogens is 2. The third kappa shape index (κ3) is 5.83. The third-order valence-electron chi connectivity index (χ3n) is 1.98. The van der Waals surface area contributed by atoms with Crippen LogP contribution in [-0.4, -0.2) is 21.9 Å². The van der Waals surface area contributed by atoms with Gasteiger partial charge in [0.1, 0.15) is 0 Å². The normalized spacial score (nSPS) is 10.2. The molecule has 1 heterocycles. The van der Waals surface area contributed by atoms with Crippen molar-refractivity contribution in [2.24, 2.45) is 0 Å². The molecule has 0 aromatic carbocycles. The van der Waals surface area contributed by atoms with Crippen molar-refractivity contribution >= 4 is 34.1 Å². The Labute approximate surface area is 110 Å². The average molecular weight is 271 g/mol. The van der Waals surface area contributed by atoms with Gasteiger partial charge in [0.15, 0.2) is 4.34 Å². The first-order chi connectivity index (χ1) is 8.26. The van der Waals surface area contributed by atoms with E-state index in [1.54, 1.807) is 11.8 Å². The van der Waals surface area contributed by atoms with E-state index in [0.29, 0.717) is 11.6 Å². The molecule has 0 saturated carbocycles. The molecule has 0 aliphatic rings. The van der Waals surface area contributed by atoms with Crippen LogP contribution in [0.5, 0.6) is 0 Å². The molecular formula is C11H17N3OS2. The molecule has 0 aliphatic heterocycles. The molecule has 94 valence electrons. The molecule has 0 unspecified atom stereocenters. The second kappa shape index (κ2) is 8.25. The van der Waals surface area contributed by atoms with Crippen LogP contribution >= 0.6 is 23.1 Å². The second-order valence-corrected chi connectivity index (χ2v) is 5.72. The topological polar surface area (TPSA) is 54.9 Å². The van der Waals surface area contributed by atoms with Crippen molar-refractivity contribution in [1.82, 2.24) is 10.2 Å². The highest BCUT2D eigenvalue weighted by Crippen LogP contribution is 2.25. The number of unbranched alkanes of at least 4 members (excludes halogenated alkanes) is 2. The largest absolute Gasteiger partial charge is 0.301 e. The number of anilines is 1. The monoisotopic (exact) mass is 271 g/mol. The van der Waals surface area contributed by atoms with Crippen LogP contribution in [0.4, 0.5) is 5.13 Å². The van der Waals surface area contributed by atoms with Gasteiger partial charge in [0.05, 0.1) is 0 Å². The van der Waals surface area contributed by atoms with Gasteiger partial charge in [-0.3, -0.25) is 4.79 Å². The number of hydrogen-bond acceptors (Lipinski definition) is 5. The summed E-state index contributed by atoms with van der Waals surface area (Å²) in [5.41, 5.74) is 0. The number of nitrogens with zero attached hydrogens (tertiary/aromatic N) is 2. The van der Waals surface area contributed by atoms with Gasteiger partial charge in [-0.05, 0) is 6.42 Å². The summed E-state index contributed by atoms with van der Waals surface area (Å²) in [6.45, 7) is 5.76. The van der Waals surface area contributed by atoms with Gasteiger partial charge in [-0.1, -0.05) is 48.9 Å². The lowest BCUT2D eigenvalue weighted by Gasteiger charge is -1.99. The standard InChI is InChI=1S/C11H17N3OS2/c1-3-5-6-7-9(15)12-10-13-14-11(17-10)16-8-4-2/h4H,2-3,5-8H2,1H3,(H,12,13,15). The summed E-state index contributed by atoms with van der Waals surface area (Å²) in [7, 11) is 0. The molecule has 1 N–H and O–H groups in total. The minimum absolute atomic E-state index is 0.0230. The third-order valence-corrected chi connectivity index (χ3v) is 3.95. The maximum absolute atomic E-state index is 11.5. The van der Waals surface area contributed by atoms with Crippen molar-refractivity contribution < 1.29 is 4.79 Å². The van der Waals surface area contributed by atoms with Crippen LogP contribution in [0.2, 0.25) is 0 Å². The molecule has 4 nitrogen and oxygen atoms in total. The summed E-state index contributed by atoms with van der Waals surface area (Å²) in [6, 6.07) is 0. The molecule has 1 aromatic heterocycles. The maximum Gasteiger partial charge on any atom is 0.226 e. The van der Waals surface area contributed by atoms with Crippen molar-refractivity contribution in [2.45, 2.75) is 36.9 Å². The minimum atomic E-state index is 0.0230. The second-order valence-electron chi connectivity index (χ2n) is 3.48. The fraction of sp³-hybridized carbons (Fsp3) is 0.545. The number of amides is 1. The fourth-order valence-electron chi connectivity index (χ4n) is 1.17. The van der Waals surface area contributed by atoms with Crippen molar-refractivity contribution in [2.75, 3.05) is 11.1 Å². The van der Waals surface area contributed by atoms with Crippen molar-refractivity contribution in [1.29, 1.82) is 0 Å². The predicted molar refractivity (Wildman–Crippen MR) is 73.6 cm³/mol. The highest BCUT2D eigenvalue weighted by Gasteiger charge is 2.07. The number of rotatable bonds is 8. The van der Waals surface area contributed by atoms with E-state index in [1.807, 2.05) is 6.08 Å². The number of hydrogen-bond donors (Lipinski definition) is 1. The first-order valence-corrected chi connectivity index (χ1v) is 7.43. The summed E-state index contributed by atoms with van der Waals surface area (Å²) < 4.78 is 0.855. The van der Waals surface area contributed by atoms with Crippen LogP contribution in [0.15, 0.2) is 17.0 Å². The lowest BCUT2D eigenvalue weighted by Crippen LogP contribution is -2.10. The number of thioether (sulfide) groups is 1. The van der Waals surface area contributed by atoms with E-state index in [9.17, 15) is 4.79 Å². The van der Waals surface area contributed by atoms with Crippen LogP contribution in [0.25, 0.3) is 0 Å². The summed E-state index contributed by atoms with van der Waals surface area (Å²) >= 11 is 2.97. The van der Waals surface area contributed by atoms with Gasteiger partial charge in [-0.2, -0.15) is 0 Å². The molecule has 1 rings (SSSR count). The zero-order chi connectivity index (χ0) is 12.5. The quantitative estimate of drug-likeness (QED) is 0.341. The summed E-state index contributed by atoms with van der Waals surface area (Å²) in [6.07, 6.45) is 5.51. The van der Waals surface area contributed by atoms with Gasteiger partial charge in [0, 0.05) is 12.2 Å². The van der Waals surface area contributed by atoms with E-state index < -0.39 is 0 Å². The van der Waals surface area contributed by atoms with Crippen molar-refractivity contribution in [3.05, 3.63) is 12.7 Å². The molecule has 0 radical (unpaired) electrons. The van der Waals surface area contributed by atoms with Crippen LogP contribution in [-0.2, 0) is 4.79 Å². The van der Waals surface area contributed by atoms with Gasteiger partial charge in [0.2, 0.25) is 11.0 Å². The minimum Gasteiger partial charge on any atom is -0.301 e. The molecule has 1 amide bonds. The highest BCUT2D eigenvalue weighted by molar-refractivity contribution is 8.01. The highest BCUT2D eigenvalue weighted by atomic mass is 32.2. The molecule has 0 spiro atoms. The Bertz CT molecular complexity index is 365. The molecule has 1 aromatic rings. The van der Waals surface area contributed by atoms with Gasteiger partial charge in [-0.15, -0.1) is 16.8 Å². The fourth-order valence-corrected chi connectivity index (χ4v) is 2.70. The Morgan fingerprint density at radius 2 is 2.35 bits per heavy atom. The molecule has 6 heteroatoms. The lowest BCUT2D eigenvalue weighted by molar-refractivity contribution is -0.116. The Hall–Kier alpha value is -0.880. The van der Waals surface area contributed by atoms with Gasteiger partial charge >= 0.3 is 0 Å². The maximum atomic E-state index is 11.5. The number of carbonyl (C=O) groups excluding carboxylic acids is 1. The first-order valence-electron chi connectivity index (χ1n) is 5.63. The Kier molecular flexibility index (Phi) is 6.88. The van der Waals surface area contributed by atoms with E-state index in [1.165, 1.54) is 11.3 Å². The van der Waals surface area contributed by atoms with Crippen LogP contribution in [0.1, 0.15) is 32.6 Å². The molecule has 0 bridgehead atoms. The van der Waals surface area contributed by atoms with E-state index in [-0.39, 0.29) is 5.91 Å². The van der Waals surface area contributed by atoms with E-state index in [4.69, 9.17) is 0 Å². The first kappa shape index (κ1) is 14.2. The van der Waals surface area contributed by atoms with E-state index >= 15 is 0 Å². The molecule has 0 saturated heterocycles. The Morgan fingerprint density at radius 1 is 1.53 bits per heavy atom.